The van der Waals surface area contributed by atoms with E-state index in [2.05, 4.69) is 4.72 Å². The maximum absolute atomic E-state index is 13.8. The highest BCUT2D eigenvalue weighted by Crippen LogP contribution is 2.21. The number of halogens is 2. The monoisotopic (exact) mass is 398 g/mol. The molecule has 0 bridgehead atoms. The molecule has 140 valence electrons. The smallest absolute Gasteiger partial charge is 0.240 e. The van der Waals surface area contributed by atoms with Gasteiger partial charge in [0.05, 0.1) is 4.90 Å². The van der Waals surface area contributed by atoms with Crippen LogP contribution in [0.2, 0.25) is 5.02 Å². The number of benzene rings is 2. The summed E-state index contributed by atoms with van der Waals surface area (Å²) in [5, 5.41) is 0.283. The Morgan fingerprint density at radius 2 is 1.85 bits per heavy atom. The van der Waals surface area contributed by atoms with Crippen LogP contribution < -0.4 is 4.72 Å². The van der Waals surface area contributed by atoms with Crippen LogP contribution in [0, 0.1) is 5.82 Å². The minimum Gasteiger partial charge on any atom is -0.341 e. The Balaban J connectivity index is 1.96. The molecule has 0 aliphatic rings. The summed E-state index contributed by atoms with van der Waals surface area (Å²) < 4.78 is 39.4. The van der Waals surface area contributed by atoms with Gasteiger partial charge in [0.2, 0.25) is 15.9 Å². The number of aryl methyl sites for hydroxylation is 1. The molecule has 0 spiro atoms. The first-order valence-corrected chi connectivity index (χ1v) is 9.80. The molecule has 5 nitrogen and oxygen atoms in total. The SMILES string of the molecule is CNS(=O)(=O)c1ccc(CCC(=O)N(C)Cc2c(F)cccc2Cl)cc1. The fraction of sp³-hybridized carbons (Fsp3) is 0.278. The van der Waals surface area contributed by atoms with Gasteiger partial charge in [0, 0.05) is 30.6 Å². The molecule has 0 fully saturated rings. The standard InChI is InChI=1S/C18H20ClFN2O3S/c1-21-26(24,25)14-9-6-13(7-10-14)8-11-18(23)22(2)12-15-16(19)4-3-5-17(15)20/h3-7,9-10,21H,8,11-12H2,1-2H3. The van der Waals surface area contributed by atoms with Crippen molar-refractivity contribution >= 4 is 27.5 Å². The Bertz CT molecular complexity index is 866. The fourth-order valence-corrected chi connectivity index (χ4v) is 3.36. The van der Waals surface area contributed by atoms with Crippen molar-refractivity contribution in [3.63, 3.8) is 0 Å². The van der Waals surface area contributed by atoms with Crippen LogP contribution in [0.15, 0.2) is 47.4 Å². The highest BCUT2D eigenvalue weighted by atomic mass is 35.5. The third-order valence-electron chi connectivity index (χ3n) is 4.01. The van der Waals surface area contributed by atoms with Gasteiger partial charge in [-0.1, -0.05) is 29.8 Å². The molecule has 0 aromatic heterocycles. The lowest BCUT2D eigenvalue weighted by molar-refractivity contribution is -0.130. The largest absolute Gasteiger partial charge is 0.341 e. The Morgan fingerprint density at radius 1 is 1.19 bits per heavy atom. The lowest BCUT2D eigenvalue weighted by atomic mass is 10.1. The molecule has 1 N–H and O–H groups in total. The van der Waals surface area contributed by atoms with E-state index >= 15 is 0 Å². The van der Waals surface area contributed by atoms with Crippen LogP contribution in [0.25, 0.3) is 0 Å². The van der Waals surface area contributed by atoms with Gasteiger partial charge in [0.1, 0.15) is 5.82 Å². The van der Waals surface area contributed by atoms with E-state index in [9.17, 15) is 17.6 Å². The van der Waals surface area contributed by atoms with Gasteiger partial charge < -0.3 is 4.90 Å². The van der Waals surface area contributed by atoms with Crippen molar-refractivity contribution in [2.45, 2.75) is 24.3 Å². The highest BCUT2D eigenvalue weighted by molar-refractivity contribution is 7.89. The molecule has 0 saturated heterocycles. The third kappa shape index (κ3) is 5.03. The van der Waals surface area contributed by atoms with Crippen LogP contribution in [0.4, 0.5) is 4.39 Å². The zero-order valence-corrected chi connectivity index (χ0v) is 16.1. The second-order valence-electron chi connectivity index (χ2n) is 5.80. The van der Waals surface area contributed by atoms with Crippen LogP contribution >= 0.6 is 11.6 Å². The van der Waals surface area contributed by atoms with Gasteiger partial charge in [-0.15, -0.1) is 0 Å². The molecule has 1 amide bonds. The molecule has 2 aromatic carbocycles. The minimum atomic E-state index is -3.48. The average molecular weight is 399 g/mol. The van der Waals surface area contributed by atoms with Gasteiger partial charge in [-0.25, -0.2) is 17.5 Å². The first kappa shape index (κ1) is 20.4. The van der Waals surface area contributed by atoms with E-state index in [1.165, 1.54) is 36.2 Å². The molecule has 2 rings (SSSR count). The van der Waals surface area contributed by atoms with E-state index < -0.39 is 15.8 Å². The highest BCUT2D eigenvalue weighted by Gasteiger charge is 2.15. The summed E-state index contributed by atoms with van der Waals surface area (Å²) in [5.74, 6) is -0.602. The summed E-state index contributed by atoms with van der Waals surface area (Å²) in [7, 11) is -0.538. The molecular weight excluding hydrogens is 379 g/mol. The van der Waals surface area contributed by atoms with Crippen molar-refractivity contribution in [1.82, 2.24) is 9.62 Å². The van der Waals surface area contributed by atoms with Gasteiger partial charge in [0.15, 0.2) is 0 Å². The van der Waals surface area contributed by atoms with Crippen molar-refractivity contribution in [3.8, 4) is 0 Å². The number of carbonyl (C=O) groups is 1. The summed E-state index contributed by atoms with van der Waals surface area (Å²) in [4.78, 5) is 13.9. The molecule has 0 heterocycles. The van der Waals surface area contributed by atoms with E-state index in [4.69, 9.17) is 11.6 Å². The molecule has 26 heavy (non-hydrogen) atoms. The molecule has 8 heteroatoms. The molecule has 0 unspecified atom stereocenters. The summed E-state index contributed by atoms with van der Waals surface area (Å²) in [6.07, 6.45) is 0.675. The van der Waals surface area contributed by atoms with E-state index in [-0.39, 0.29) is 34.4 Å². The predicted molar refractivity (Wildman–Crippen MR) is 98.9 cm³/mol. The first-order valence-electron chi connectivity index (χ1n) is 7.94. The van der Waals surface area contributed by atoms with Gasteiger partial charge in [0.25, 0.3) is 0 Å². The van der Waals surface area contributed by atoms with E-state index in [1.807, 2.05) is 0 Å². The summed E-state index contributed by atoms with van der Waals surface area (Å²) in [6, 6.07) is 10.7. The second kappa shape index (κ2) is 8.62. The fourth-order valence-electron chi connectivity index (χ4n) is 2.40. The van der Waals surface area contributed by atoms with E-state index in [0.29, 0.717) is 6.42 Å². The van der Waals surface area contributed by atoms with Crippen molar-refractivity contribution in [1.29, 1.82) is 0 Å². The first-order chi connectivity index (χ1) is 12.2. The third-order valence-corrected chi connectivity index (χ3v) is 5.80. The molecule has 0 saturated carbocycles. The van der Waals surface area contributed by atoms with E-state index in [1.54, 1.807) is 25.2 Å². The van der Waals surface area contributed by atoms with Crippen LogP contribution in [0.1, 0.15) is 17.5 Å². The number of nitrogens with zero attached hydrogens (tertiary/aromatic N) is 1. The Hall–Kier alpha value is -1.96. The summed E-state index contributed by atoms with van der Waals surface area (Å²) in [5.41, 5.74) is 1.12. The number of hydrogen-bond donors (Lipinski definition) is 1. The maximum atomic E-state index is 13.8. The number of hydrogen-bond acceptors (Lipinski definition) is 3. The zero-order chi connectivity index (χ0) is 19.3. The molecule has 0 aliphatic carbocycles. The van der Waals surface area contributed by atoms with Crippen LogP contribution in [-0.4, -0.2) is 33.3 Å². The lowest BCUT2D eigenvalue weighted by Gasteiger charge is -2.18. The molecular formula is C18H20ClFN2O3S. The Morgan fingerprint density at radius 3 is 2.42 bits per heavy atom. The van der Waals surface area contributed by atoms with Gasteiger partial charge in [-0.2, -0.15) is 0 Å². The van der Waals surface area contributed by atoms with Crippen LogP contribution in [-0.2, 0) is 27.8 Å². The molecule has 2 aromatic rings. The van der Waals surface area contributed by atoms with Crippen LogP contribution in [0.5, 0.6) is 0 Å². The van der Waals surface area contributed by atoms with Gasteiger partial charge in [-0.05, 0) is 43.3 Å². The average Bonchev–Trinajstić information content (AvgIpc) is 2.63. The molecule has 0 aliphatic heterocycles. The van der Waals surface area contributed by atoms with Crippen molar-refractivity contribution in [2.75, 3.05) is 14.1 Å². The summed E-state index contributed by atoms with van der Waals surface area (Å²) in [6.45, 7) is 0.0870. The second-order valence-corrected chi connectivity index (χ2v) is 8.10. The number of sulfonamides is 1. The maximum Gasteiger partial charge on any atom is 0.240 e. The lowest BCUT2D eigenvalue weighted by Crippen LogP contribution is -2.27. The van der Waals surface area contributed by atoms with Crippen LogP contribution in [0.3, 0.4) is 0 Å². The zero-order valence-electron chi connectivity index (χ0n) is 14.5. The predicted octanol–water partition coefficient (Wildman–Crippen LogP) is 2.98. The normalized spacial score (nSPS) is 11.4. The topological polar surface area (TPSA) is 66.5 Å². The number of amides is 1. The number of carbonyl (C=O) groups excluding carboxylic acids is 1. The quantitative estimate of drug-likeness (QED) is 0.779. The summed E-state index contributed by atoms with van der Waals surface area (Å²) >= 11 is 5.98. The number of rotatable bonds is 7. The minimum absolute atomic E-state index is 0.0870. The van der Waals surface area contributed by atoms with Crippen molar-refractivity contribution in [3.05, 3.63) is 64.4 Å². The Kier molecular flexibility index (Phi) is 6.75. The van der Waals surface area contributed by atoms with Gasteiger partial charge in [-0.3, -0.25) is 4.79 Å². The van der Waals surface area contributed by atoms with Crippen molar-refractivity contribution in [2.24, 2.45) is 0 Å². The number of nitrogens with one attached hydrogen (secondary N) is 1. The van der Waals surface area contributed by atoms with Crippen molar-refractivity contribution < 1.29 is 17.6 Å². The van der Waals surface area contributed by atoms with E-state index in [0.717, 1.165) is 5.56 Å². The Labute approximate surface area is 157 Å². The van der Waals surface area contributed by atoms with Gasteiger partial charge >= 0.3 is 0 Å². The molecule has 0 radical (unpaired) electrons. The molecule has 0 atom stereocenters.